The molecule has 0 fully saturated rings. The molecule has 1 amide bonds. The minimum absolute atomic E-state index is 0.0936. The first kappa shape index (κ1) is 13.0. The first-order chi connectivity index (χ1) is 8.15. The minimum Gasteiger partial charge on any atom is -0.409 e. The lowest BCUT2D eigenvalue weighted by Gasteiger charge is -2.10. The Morgan fingerprint density at radius 2 is 2.47 bits per heavy atom. The van der Waals surface area contributed by atoms with Crippen molar-refractivity contribution < 1.29 is 10.0 Å². The number of rotatable bonds is 5. The summed E-state index contributed by atoms with van der Waals surface area (Å²) in [5.41, 5.74) is 6.38. The molecule has 1 unspecified atom stereocenters. The molecule has 0 saturated carbocycles. The molecule has 0 saturated heterocycles. The maximum Gasteiger partial charge on any atom is 0.230 e. The van der Waals surface area contributed by atoms with E-state index < -0.39 is 5.92 Å². The van der Waals surface area contributed by atoms with Crippen LogP contribution in [0.15, 0.2) is 29.7 Å². The number of carbonyl (C=O) groups is 1. The highest BCUT2D eigenvalue weighted by Crippen LogP contribution is 1.97. The summed E-state index contributed by atoms with van der Waals surface area (Å²) in [4.78, 5) is 15.5. The smallest absolute Gasteiger partial charge is 0.230 e. The predicted octanol–water partition coefficient (Wildman–Crippen LogP) is 0.123. The van der Waals surface area contributed by atoms with E-state index in [4.69, 9.17) is 10.9 Å². The van der Waals surface area contributed by atoms with E-state index in [9.17, 15) is 4.79 Å². The van der Waals surface area contributed by atoms with Crippen molar-refractivity contribution in [3.05, 3.63) is 30.1 Å². The van der Waals surface area contributed by atoms with Gasteiger partial charge in [-0.15, -0.1) is 0 Å². The average Bonchev–Trinajstić information content (AvgIpc) is 2.38. The number of oxime groups is 1. The second kappa shape index (κ2) is 6.47. The molecule has 0 radical (unpaired) electrons. The van der Waals surface area contributed by atoms with Gasteiger partial charge in [0.25, 0.3) is 0 Å². The van der Waals surface area contributed by atoms with Crippen molar-refractivity contribution >= 4 is 11.7 Å². The maximum absolute atomic E-state index is 11.5. The van der Waals surface area contributed by atoms with Crippen molar-refractivity contribution in [3.8, 4) is 0 Å². The van der Waals surface area contributed by atoms with Gasteiger partial charge >= 0.3 is 0 Å². The molecule has 1 aromatic rings. The highest BCUT2D eigenvalue weighted by Gasteiger charge is 2.16. The van der Waals surface area contributed by atoms with E-state index in [0.29, 0.717) is 13.0 Å². The Bertz CT molecular complexity index is 392. The molecule has 0 aromatic carbocycles. The maximum atomic E-state index is 11.5. The first-order valence-corrected chi connectivity index (χ1v) is 5.29. The number of hydrogen-bond acceptors (Lipinski definition) is 4. The number of pyridine rings is 1. The topological polar surface area (TPSA) is 101 Å². The van der Waals surface area contributed by atoms with E-state index in [0.717, 1.165) is 5.56 Å². The van der Waals surface area contributed by atoms with Gasteiger partial charge in [-0.05, 0) is 25.0 Å². The zero-order valence-corrected chi connectivity index (χ0v) is 9.63. The van der Waals surface area contributed by atoms with Gasteiger partial charge in [0.15, 0.2) is 5.84 Å². The number of nitrogens with one attached hydrogen (secondary N) is 1. The summed E-state index contributed by atoms with van der Waals surface area (Å²) in [7, 11) is 0. The van der Waals surface area contributed by atoms with Crippen molar-refractivity contribution in [2.45, 2.75) is 13.3 Å². The average molecular weight is 236 g/mol. The Hall–Kier alpha value is -2.11. The molecule has 17 heavy (non-hydrogen) atoms. The summed E-state index contributed by atoms with van der Waals surface area (Å²) in [6.45, 7) is 2.07. The molecular formula is C11H16N4O2. The molecule has 0 aliphatic rings. The van der Waals surface area contributed by atoms with Gasteiger partial charge in [-0.1, -0.05) is 11.2 Å². The molecule has 0 spiro atoms. The minimum atomic E-state index is -0.631. The third-order valence-electron chi connectivity index (χ3n) is 2.39. The second-order valence-corrected chi connectivity index (χ2v) is 3.65. The van der Waals surface area contributed by atoms with Crippen LogP contribution in [-0.4, -0.2) is 28.5 Å². The molecule has 4 N–H and O–H groups in total. The molecule has 1 rings (SSSR count). The van der Waals surface area contributed by atoms with Crippen LogP contribution in [-0.2, 0) is 11.2 Å². The number of amidine groups is 1. The van der Waals surface area contributed by atoms with Gasteiger partial charge in [0, 0.05) is 18.9 Å². The zero-order valence-electron chi connectivity index (χ0n) is 9.63. The highest BCUT2D eigenvalue weighted by molar-refractivity contribution is 6.01. The molecule has 1 atom stereocenters. The van der Waals surface area contributed by atoms with E-state index >= 15 is 0 Å². The van der Waals surface area contributed by atoms with Crippen LogP contribution in [0.25, 0.3) is 0 Å². The van der Waals surface area contributed by atoms with Crippen LogP contribution < -0.4 is 11.1 Å². The Balaban J connectivity index is 2.34. The van der Waals surface area contributed by atoms with Gasteiger partial charge in [-0.25, -0.2) is 0 Å². The van der Waals surface area contributed by atoms with Gasteiger partial charge in [0.2, 0.25) is 5.91 Å². The normalized spacial score (nSPS) is 13.1. The fourth-order valence-corrected chi connectivity index (χ4v) is 1.25. The molecule has 6 nitrogen and oxygen atoms in total. The van der Waals surface area contributed by atoms with Crippen LogP contribution >= 0.6 is 0 Å². The molecule has 0 bridgehead atoms. The van der Waals surface area contributed by atoms with Crippen LogP contribution in [0.4, 0.5) is 0 Å². The molecule has 92 valence electrons. The van der Waals surface area contributed by atoms with Crippen LogP contribution in [0, 0.1) is 5.92 Å². The molecular weight excluding hydrogens is 220 g/mol. The van der Waals surface area contributed by atoms with E-state index in [2.05, 4.69) is 15.5 Å². The van der Waals surface area contributed by atoms with E-state index in [1.165, 1.54) is 0 Å². The van der Waals surface area contributed by atoms with Crippen LogP contribution in [0.2, 0.25) is 0 Å². The molecule has 6 heteroatoms. The third-order valence-corrected chi connectivity index (χ3v) is 2.39. The van der Waals surface area contributed by atoms with Crippen LogP contribution in [0.5, 0.6) is 0 Å². The quantitative estimate of drug-likeness (QED) is 0.292. The summed E-state index contributed by atoms with van der Waals surface area (Å²) in [5, 5.41) is 13.9. The fourth-order valence-electron chi connectivity index (χ4n) is 1.25. The second-order valence-electron chi connectivity index (χ2n) is 3.65. The number of hydrogen-bond donors (Lipinski definition) is 3. The van der Waals surface area contributed by atoms with Crippen molar-refractivity contribution in [1.82, 2.24) is 10.3 Å². The van der Waals surface area contributed by atoms with Crippen molar-refractivity contribution in [1.29, 1.82) is 0 Å². The Morgan fingerprint density at radius 1 is 1.71 bits per heavy atom. The number of amides is 1. The largest absolute Gasteiger partial charge is 0.409 e. The molecule has 0 aliphatic heterocycles. The number of nitrogens with zero attached hydrogens (tertiary/aromatic N) is 2. The third kappa shape index (κ3) is 4.10. The summed E-state index contributed by atoms with van der Waals surface area (Å²) in [5.74, 6) is -0.984. The zero-order chi connectivity index (χ0) is 12.7. The van der Waals surface area contributed by atoms with E-state index in [1.807, 2.05) is 12.1 Å². The van der Waals surface area contributed by atoms with E-state index in [-0.39, 0.29) is 11.7 Å². The lowest BCUT2D eigenvalue weighted by Crippen LogP contribution is -2.38. The fraction of sp³-hybridized carbons (Fsp3) is 0.364. The standard InChI is InChI=1S/C11H16N4O2/c1-8(10(12)15-17)11(16)14-6-4-9-3-2-5-13-7-9/h2-3,5,7-8,17H,4,6H2,1H3,(H2,12,15)(H,14,16). The lowest BCUT2D eigenvalue weighted by molar-refractivity contribution is -0.122. The lowest BCUT2D eigenvalue weighted by atomic mass is 10.1. The molecule has 1 aromatic heterocycles. The summed E-state index contributed by atoms with van der Waals surface area (Å²) in [6, 6.07) is 3.78. The SMILES string of the molecule is CC(C(=O)NCCc1cccnc1)C(N)=NO. The van der Waals surface area contributed by atoms with Gasteiger partial charge in [-0.3, -0.25) is 9.78 Å². The number of carbonyl (C=O) groups excluding carboxylic acids is 1. The molecule has 1 heterocycles. The Morgan fingerprint density at radius 3 is 3.06 bits per heavy atom. The van der Waals surface area contributed by atoms with Gasteiger partial charge < -0.3 is 16.3 Å². The summed E-state index contributed by atoms with van der Waals surface area (Å²) >= 11 is 0. The Labute approximate surface area is 99.5 Å². The van der Waals surface area contributed by atoms with Gasteiger partial charge in [-0.2, -0.15) is 0 Å². The van der Waals surface area contributed by atoms with E-state index in [1.54, 1.807) is 19.3 Å². The monoisotopic (exact) mass is 236 g/mol. The van der Waals surface area contributed by atoms with Crippen LogP contribution in [0.1, 0.15) is 12.5 Å². The highest BCUT2D eigenvalue weighted by atomic mass is 16.4. The first-order valence-electron chi connectivity index (χ1n) is 5.29. The van der Waals surface area contributed by atoms with Gasteiger partial charge in [0.1, 0.15) is 0 Å². The number of nitrogens with two attached hydrogens (primary N) is 1. The van der Waals surface area contributed by atoms with Crippen LogP contribution in [0.3, 0.4) is 0 Å². The van der Waals surface area contributed by atoms with Crippen molar-refractivity contribution in [2.24, 2.45) is 16.8 Å². The van der Waals surface area contributed by atoms with Gasteiger partial charge in [0.05, 0.1) is 5.92 Å². The summed E-state index contributed by atoms with van der Waals surface area (Å²) < 4.78 is 0. The van der Waals surface area contributed by atoms with Crippen molar-refractivity contribution in [2.75, 3.05) is 6.54 Å². The number of aromatic nitrogens is 1. The molecule has 0 aliphatic carbocycles. The summed E-state index contributed by atoms with van der Waals surface area (Å²) in [6.07, 6.45) is 4.14. The predicted molar refractivity (Wildman–Crippen MR) is 63.5 cm³/mol. The van der Waals surface area contributed by atoms with Crippen molar-refractivity contribution in [3.63, 3.8) is 0 Å². The Kier molecular flexibility index (Phi) is 4.93.